The molecule has 0 unspecified atom stereocenters. The third kappa shape index (κ3) is 4.01. The van der Waals surface area contributed by atoms with Crippen LogP contribution in [0.5, 0.6) is 17.2 Å². The van der Waals surface area contributed by atoms with Crippen LogP contribution in [0.15, 0.2) is 12.1 Å². The number of morpholine rings is 1. The van der Waals surface area contributed by atoms with E-state index >= 15 is 0 Å². The Morgan fingerprint density at radius 1 is 1.15 bits per heavy atom. The number of rotatable bonds is 4. The Morgan fingerprint density at radius 2 is 1.85 bits per heavy atom. The fourth-order valence-corrected chi connectivity index (χ4v) is 3.07. The van der Waals surface area contributed by atoms with Crippen molar-refractivity contribution >= 4 is 11.9 Å². The van der Waals surface area contributed by atoms with Crippen LogP contribution in [0.1, 0.15) is 24.2 Å². The van der Waals surface area contributed by atoms with E-state index in [1.54, 1.807) is 4.90 Å². The van der Waals surface area contributed by atoms with Gasteiger partial charge in [-0.1, -0.05) is 0 Å². The number of carbonyl (C=O) groups is 2. The molecule has 1 saturated heterocycles. The highest BCUT2D eigenvalue weighted by molar-refractivity contribution is 5.92. The van der Waals surface area contributed by atoms with Gasteiger partial charge in [0.15, 0.2) is 18.1 Å². The number of methoxy groups -OCH3 is 1. The molecule has 8 heteroatoms. The number of hydrogen-bond donors (Lipinski definition) is 0. The van der Waals surface area contributed by atoms with E-state index in [-0.39, 0.29) is 30.3 Å². The van der Waals surface area contributed by atoms with Crippen molar-refractivity contribution in [3.05, 3.63) is 17.7 Å². The van der Waals surface area contributed by atoms with E-state index in [4.69, 9.17) is 23.7 Å². The molecule has 2 aliphatic heterocycles. The van der Waals surface area contributed by atoms with Crippen molar-refractivity contribution in [1.82, 2.24) is 4.90 Å². The molecule has 2 heterocycles. The molecule has 0 spiro atoms. The van der Waals surface area contributed by atoms with Crippen molar-refractivity contribution in [3.63, 3.8) is 0 Å². The largest absolute Gasteiger partial charge is 0.493 e. The van der Waals surface area contributed by atoms with E-state index in [1.165, 1.54) is 19.2 Å². The van der Waals surface area contributed by atoms with Crippen molar-refractivity contribution in [2.75, 3.05) is 40.0 Å². The molecule has 142 valence electrons. The second-order valence-corrected chi connectivity index (χ2v) is 6.33. The summed E-state index contributed by atoms with van der Waals surface area (Å²) in [7, 11) is 1.48. The zero-order valence-corrected chi connectivity index (χ0v) is 15.1. The van der Waals surface area contributed by atoms with Crippen molar-refractivity contribution in [1.29, 1.82) is 0 Å². The van der Waals surface area contributed by atoms with E-state index < -0.39 is 5.97 Å². The number of nitrogens with zero attached hydrogens (tertiary/aromatic N) is 1. The van der Waals surface area contributed by atoms with Gasteiger partial charge in [-0.2, -0.15) is 0 Å². The van der Waals surface area contributed by atoms with Crippen molar-refractivity contribution in [2.24, 2.45) is 0 Å². The van der Waals surface area contributed by atoms with Crippen molar-refractivity contribution in [2.45, 2.75) is 26.1 Å². The number of carbonyl (C=O) groups excluding carboxylic acids is 2. The summed E-state index contributed by atoms with van der Waals surface area (Å²) in [4.78, 5) is 26.3. The Morgan fingerprint density at radius 3 is 2.54 bits per heavy atom. The van der Waals surface area contributed by atoms with Crippen LogP contribution in [-0.4, -0.2) is 69.0 Å². The summed E-state index contributed by atoms with van der Waals surface area (Å²) in [5, 5.41) is 0. The minimum absolute atomic E-state index is 0.0412. The van der Waals surface area contributed by atoms with E-state index in [9.17, 15) is 9.59 Å². The highest BCUT2D eigenvalue weighted by atomic mass is 16.6. The first-order valence-electron chi connectivity index (χ1n) is 8.56. The predicted molar refractivity (Wildman–Crippen MR) is 90.9 cm³/mol. The number of hydrogen-bond acceptors (Lipinski definition) is 7. The van der Waals surface area contributed by atoms with Crippen LogP contribution in [0, 0.1) is 0 Å². The highest BCUT2D eigenvalue weighted by Crippen LogP contribution is 2.40. The maximum atomic E-state index is 12.3. The molecule has 2 atom stereocenters. The molecule has 3 rings (SSSR count). The molecule has 0 bridgehead atoms. The highest BCUT2D eigenvalue weighted by Gasteiger charge is 2.27. The zero-order chi connectivity index (χ0) is 18.7. The quantitative estimate of drug-likeness (QED) is 0.743. The molecule has 1 aromatic carbocycles. The van der Waals surface area contributed by atoms with Crippen LogP contribution in [0.2, 0.25) is 0 Å². The van der Waals surface area contributed by atoms with E-state index in [1.807, 2.05) is 13.8 Å². The fraction of sp³-hybridized carbons (Fsp3) is 0.556. The SMILES string of the molecule is COc1cc(C(=O)OCC(=O)N2C[C@@H](C)O[C@@H](C)C2)cc2c1OCCO2. The molecule has 26 heavy (non-hydrogen) atoms. The standard InChI is InChI=1S/C18H23NO7/c1-11-8-19(9-12(2)26-11)16(20)10-25-18(21)13-6-14(22-3)17-15(7-13)23-4-5-24-17/h6-7,11-12H,4-5,8-10H2,1-3H3/t11-,12+. The number of benzene rings is 1. The van der Waals surface area contributed by atoms with Gasteiger partial charge in [0.2, 0.25) is 5.75 Å². The van der Waals surface area contributed by atoms with Crippen molar-refractivity contribution < 1.29 is 33.3 Å². The van der Waals surface area contributed by atoms with E-state index in [0.29, 0.717) is 43.6 Å². The Hall–Kier alpha value is -2.48. The average molecular weight is 365 g/mol. The predicted octanol–water partition coefficient (Wildman–Crippen LogP) is 1.26. The topological polar surface area (TPSA) is 83.5 Å². The van der Waals surface area contributed by atoms with Gasteiger partial charge in [-0.25, -0.2) is 4.79 Å². The molecule has 2 aliphatic rings. The Labute approximate surface area is 151 Å². The van der Waals surface area contributed by atoms with Crippen LogP contribution in [0.4, 0.5) is 0 Å². The third-order valence-corrected chi connectivity index (χ3v) is 4.16. The maximum Gasteiger partial charge on any atom is 0.338 e. The first-order chi connectivity index (χ1) is 12.5. The maximum absolute atomic E-state index is 12.3. The molecule has 0 radical (unpaired) electrons. The number of esters is 1. The summed E-state index contributed by atoms with van der Waals surface area (Å²) in [5.41, 5.74) is 0.239. The first-order valence-corrected chi connectivity index (χ1v) is 8.56. The lowest BCUT2D eigenvalue weighted by Gasteiger charge is -2.35. The minimum Gasteiger partial charge on any atom is -0.493 e. The summed E-state index contributed by atoms with van der Waals surface area (Å²) in [5.74, 6) is 0.400. The number of ether oxygens (including phenoxy) is 5. The Balaban J connectivity index is 1.64. The summed E-state index contributed by atoms with van der Waals surface area (Å²) in [6.45, 7) is 5.26. The molecule has 0 aliphatic carbocycles. The molecular weight excluding hydrogens is 342 g/mol. The molecule has 0 aromatic heterocycles. The summed E-state index contributed by atoms with van der Waals surface area (Å²) in [6.07, 6.45) is -0.0825. The Bertz CT molecular complexity index is 663. The van der Waals surface area contributed by atoms with E-state index in [2.05, 4.69) is 0 Å². The number of amides is 1. The molecule has 1 aromatic rings. The molecule has 1 amide bonds. The monoisotopic (exact) mass is 365 g/mol. The normalized spacial score (nSPS) is 21.9. The van der Waals surface area contributed by atoms with Gasteiger partial charge >= 0.3 is 5.97 Å². The minimum atomic E-state index is -0.622. The summed E-state index contributed by atoms with van der Waals surface area (Å²) >= 11 is 0. The lowest BCUT2D eigenvalue weighted by molar-refractivity contribution is -0.146. The smallest absolute Gasteiger partial charge is 0.338 e. The molecule has 0 N–H and O–H groups in total. The van der Waals surface area contributed by atoms with Gasteiger partial charge in [0.25, 0.3) is 5.91 Å². The molecule has 1 fully saturated rings. The number of fused-ring (bicyclic) bond motifs is 1. The lowest BCUT2D eigenvalue weighted by atomic mass is 10.1. The van der Waals surface area contributed by atoms with Gasteiger partial charge in [-0.3, -0.25) is 4.79 Å². The Kier molecular flexibility index (Phi) is 5.51. The fourth-order valence-electron chi connectivity index (χ4n) is 3.07. The first kappa shape index (κ1) is 18.3. The van der Waals surface area contributed by atoms with Gasteiger partial charge in [0, 0.05) is 13.1 Å². The molecule has 0 saturated carbocycles. The van der Waals surface area contributed by atoms with Gasteiger partial charge in [0.1, 0.15) is 13.2 Å². The van der Waals surface area contributed by atoms with E-state index in [0.717, 1.165) is 0 Å². The van der Waals surface area contributed by atoms with Crippen LogP contribution in [0.3, 0.4) is 0 Å². The van der Waals surface area contributed by atoms with Gasteiger partial charge in [0.05, 0.1) is 24.9 Å². The molecular formula is C18H23NO7. The summed E-state index contributed by atoms with van der Waals surface area (Å²) in [6, 6.07) is 3.04. The zero-order valence-electron chi connectivity index (χ0n) is 15.1. The van der Waals surface area contributed by atoms with Crippen LogP contribution in [0.25, 0.3) is 0 Å². The van der Waals surface area contributed by atoms with Crippen LogP contribution >= 0.6 is 0 Å². The summed E-state index contributed by atoms with van der Waals surface area (Å²) < 4.78 is 27.0. The second kappa shape index (κ2) is 7.82. The average Bonchev–Trinajstić information content (AvgIpc) is 2.64. The third-order valence-electron chi connectivity index (χ3n) is 4.16. The van der Waals surface area contributed by atoms with Gasteiger partial charge < -0.3 is 28.6 Å². The van der Waals surface area contributed by atoms with Gasteiger partial charge in [-0.15, -0.1) is 0 Å². The second-order valence-electron chi connectivity index (χ2n) is 6.33. The van der Waals surface area contributed by atoms with Crippen LogP contribution in [-0.2, 0) is 14.3 Å². The molecule has 8 nitrogen and oxygen atoms in total. The van der Waals surface area contributed by atoms with Crippen LogP contribution < -0.4 is 14.2 Å². The van der Waals surface area contributed by atoms with Gasteiger partial charge in [-0.05, 0) is 26.0 Å². The van der Waals surface area contributed by atoms with Crippen molar-refractivity contribution in [3.8, 4) is 17.2 Å². The lowest BCUT2D eigenvalue weighted by Crippen LogP contribution is -2.49.